The fraction of sp³-hybridized carbons (Fsp3) is 0.750. The summed E-state index contributed by atoms with van der Waals surface area (Å²) in [6.45, 7) is 1.92. The van der Waals surface area contributed by atoms with Gasteiger partial charge in [-0.15, -0.1) is 0 Å². The lowest BCUT2D eigenvalue weighted by Gasteiger charge is -2.14. The highest BCUT2D eigenvalue weighted by molar-refractivity contribution is 5.95. The molecular formula is C12H21N3O5. The third-order valence-corrected chi connectivity index (χ3v) is 3.02. The maximum atomic E-state index is 11.6. The number of imide groups is 1. The molecule has 114 valence electrons. The fourth-order valence-corrected chi connectivity index (χ4v) is 2.02. The van der Waals surface area contributed by atoms with Gasteiger partial charge in [-0.3, -0.25) is 19.8 Å². The lowest BCUT2D eigenvalue weighted by molar-refractivity contribution is -0.145. The third-order valence-electron chi connectivity index (χ3n) is 3.02. The van der Waals surface area contributed by atoms with Gasteiger partial charge in [-0.25, -0.2) is 4.79 Å². The van der Waals surface area contributed by atoms with Crippen molar-refractivity contribution in [1.29, 1.82) is 0 Å². The second-order valence-corrected chi connectivity index (χ2v) is 4.54. The SMILES string of the molecule is COCCNC(=O)NC(=O)CN1CCC(C(=O)OC)C1. The number of carbonyl (C=O) groups excluding carboxylic acids is 3. The maximum Gasteiger partial charge on any atom is 0.321 e. The van der Waals surface area contributed by atoms with Gasteiger partial charge in [0.05, 0.1) is 26.2 Å². The molecule has 1 rings (SSSR count). The van der Waals surface area contributed by atoms with Gasteiger partial charge in [-0.2, -0.15) is 0 Å². The van der Waals surface area contributed by atoms with E-state index in [2.05, 4.69) is 15.4 Å². The van der Waals surface area contributed by atoms with Crippen molar-refractivity contribution < 1.29 is 23.9 Å². The summed E-state index contributed by atoms with van der Waals surface area (Å²) in [7, 11) is 2.87. The maximum absolute atomic E-state index is 11.6. The Morgan fingerprint density at radius 3 is 2.70 bits per heavy atom. The van der Waals surface area contributed by atoms with Crippen molar-refractivity contribution >= 4 is 17.9 Å². The average molecular weight is 287 g/mol. The van der Waals surface area contributed by atoms with Crippen LogP contribution in [0.15, 0.2) is 0 Å². The Hall–Kier alpha value is -1.67. The molecule has 2 N–H and O–H groups in total. The number of likely N-dealkylation sites (tertiary alicyclic amines) is 1. The zero-order chi connectivity index (χ0) is 15.0. The Bertz CT molecular complexity index is 361. The van der Waals surface area contributed by atoms with E-state index in [0.717, 1.165) is 0 Å². The number of amides is 3. The number of hydrogen-bond donors (Lipinski definition) is 2. The lowest BCUT2D eigenvalue weighted by Crippen LogP contribution is -2.45. The van der Waals surface area contributed by atoms with E-state index >= 15 is 0 Å². The number of urea groups is 1. The van der Waals surface area contributed by atoms with E-state index in [0.29, 0.717) is 32.7 Å². The number of nitrogens with one attached hydrogen (secondary N) is 2. The van der Waals surface area contributed by atoms with E-state index in [1.54, 1.807) is 0 Å². The zero-order valence-corrected chi connectivity index (χ0v) is 11.8. The minimum Gasteiger partial charge on any atom is -0.469 e. The number of carbonyl (C=O) groups is 3. The van der Waals surface area contributed by atoms with Crippen molar-refractivity contribution in [3.8, 4) is 0 Å². The van der Waals surface area contributed by atoms with Gasteiger partial charge >= 0.3 is 12.0 Å². The quantitative estimate of drug-likeness (QED) is 0.478. The Morgan fingerprint density at radius 2 is 2.05 bits per heavy atom. The molecule has 1 heterocycles. The second kappa shape index (κ2) is 8.49. The molecule has 0 saturated carbocycles. The van der Waals surface area contributed by atoms with E-state index < -0.39 is 11.9 Å². The van der Waals surface area contributed by atoms with Crippen molar-refractivity contribution in [2.75, 3.05) is 47.0 Å². The molecule has 0 spiro atoms. The minimum absolute atomic E-state index is 0.0885. The predicted octanol–water partition coefficient (Wildman–Crippen LogP) is -1.05. The highest BCUT2D eigenvalue weighted by Gasteiger charge is 2.30. The molecule has 0 aliphatic carbocycles. The van der Waals surface area contributed by atoms with E-state index in [1.807, 2.05) is 4.90 Å². The highest BCUT2D eigenvalue weighted by Crippen LogP contribution is 2.16. The van der Waals surface area contributed by atoms with Crippen LogP contribution in [0.25, 0.3) is 0 Å². The van der Waals surface area contributed by atoms with Crippen LogP contribution in [0.4, 0.5) is 4.79 Å². The summed E-state index contributed by atoms with van der Waals surface area (Å²) in [5.74, 6) is -0.848. The van der Waals surface area contributed by atoms with Crippen molar-refractivity contribution in [2.45, 2.75) is 6.42 Å². The topological polar surface area (TPSA) is 97.0 Å². The smallest absolute Gasteiger partial charge is 0.321 e. The molecular weight excluding hydrogens is 266 g/mol. The van der Waals surface area contributed by atoms with Gasteiger partial charge in [0.2, 0.25) is 5.91 Å². The molecule has 1 atom stereocenters. The van der Waals surface area contributed by atoms with Crippen LogP contribution in [0, 0.1) is 5.92 Å². The first-order valence-electron chi connectivity index (χ1n) is 6.43. The molecule has 1 fully saturated rings. The van der Waals surface area contributed by atoms with E-state index in [9.17, 15) is 14.4 Å². The van der Waals surface area contributed by atoms with Crippen molar-refractivity contribution in [3.63, 3.8) is 0 Å². The molecule has 0 radical (unpaired) electrons. The van der Waals surface area contributed by atoms with Gasteiger partial charge in [-0.05, 0) is 13.0 Å². The third kappa shape index (κ3) is 5.54. The molecule has 1 aliphatic heterocycles. The zero-order valence-electron chi connectivity index (χ0n) is 11.8. The van der Waals surface area contributed by atoms with Crippen molar-refractivity contribution in [2.24, 2.45) is 5.92 Å². The Balaban J connectivity index is 2.23. The first-order valence-corrected chi connectivity index (χ1v) is 6.43. The van der Waals surface area contributed by atoms with E-state index in [-0.39, 0.29) is 18.4 Å². The van der Waals surface area contributed by atoms with Gasteiger partial charge in [0.25, 0.3) is 0 Å². The normalized spacial score (nSPS) is 18.6. The standard InChI is InChI=1S/C12H21N3O5/c1-19-6-4-13-12(18)14-10(16)8-15-5-3-9(7-15)11(17)20-2/h9H,3-8H2,1-2H3,(H2,13,14,16,18). The number of nitrogens with zero attached hydrogens (tertiary/aromatic N) is 1. The molecule has 0 aromatic carbocycles. The van der Waals surface area contributed by atoms with Gasteiger partial charge in [0, 0.05) is 20.2 Å². The molecule has 1 unspecified atom stereocenters. The first-order chi connectivity index (χ1) is 9.56. The molecule has 8 nitrogen and oxygen atoms in total. The largest absolute Gasteiger partial charge is 0.469 e. The molecule has 8 heteroatoms. The molecule has 3 amide bonds. The van der Waals surface area contributed by atoms with E-state index in [1.165, 1.54) is 14.2 Å². The summed E-state index contributed by atoms with van der Waals surface area (Å²) in [4.78, 5) is 36.1. The van der Waals surface area contributed by atoms with Gasteiger partial charge in [0.15, 0.2) is 0 Å². The minimum atomic E-state index is -0.546. The monoisotopic (exact) mass is 287 g/mol. The summed E-state index contributed by atoms with van der Waals surface area (Å²) in [6.07, 6.45) is 0.667. The van der Waals surface area contributed by atoms with Gasteiger partial charge in [-0.1, -0.05) is 0 Å². The summed E-state index contributed by atoms with van der Waals surface area (Å²) >= 11 is 0. The molecule has 1 aliphatic rings. The van der Waals surface area contributed by atoms with Crippen LogP contribution < -0.4 is 10.6 Å². The van der Waals surface area contributed by atoms with Gasteiger partial charge in [0.1, 0.15) is 0 Å². The van der Waals surface area contributed by atoms with Gasteiger partial charge < -0.3 is 14.8 Å². The summed E-state index contributed by atoms with van der Waals surface area (Å²) < 4.78 is 9.44. The van der Waals surface area contributed by atoms with Crippen LogP contribution in [-0.4, -0.2) is 69.8 Å². The Kier molecular flexibility index (Phi) is 6.96. The molecule has 0 aromatic rings. The summed E-state index contributed by atoms with van der Waals surface area (Å²) in [6, 6.07) is -0.546. The number of hydrogen-bond acceptors (Lipinski definition) is 6. The van der Waals surface area contributed by atoms with Crippen LogP contribution in [0.3, 0.4) is 0 Å². The Labute approximate surface area is 117 Å². The van der Waals surface area contributed by atoms with Crippen LogP contribution >= 0.6 is 0 Å². The van der Waals surface area contributed by atoms with E-state index in [4.69, 9.17) is 4.74 Å². The summed E-state index contributed by atoms with van der Waals surface area (Å²) in [5.41, 5.74) is 0. The van der Waals surface area contributed by atoms with Crippen LogP contribution in [0.2, 0.25) is 0 Å². The van der Waals surface area contributed by atoms with Crippen LogP contribution in [-0.2, 0) is 19.1 Å². The number of rotatable bonds is 6. The summed E-state index contributed by atoms with van der Waals surface area (Å²) in [5, 5.41) is 4.71. The second-order valence-electron chi connectivity index (χ2n) is 4.54. The van der Waals surface area contributed by atoms with Crippen LogP contribution in [0.5, 0.6) is 0 Å². The molecule has 0 bridgehead atoms. The molecule has 1 saturated heterocycles. The number of esters is 1. The number of ether oxygens (including phenoxy) is 2. The first kappa shape index (κ1) is 16.4. The van der Waals surface area contributed by atoms with Crippen molar-refractivity contribution in [1.82, 2.24) is 15.5 Å². The lowest BCUT2D eigenvalue weighted by atomic mass is 10.1. The fourth-order valence-electron chi connectivity index (χ4n) is 2.02. The predicted molar refractivity (Wildman–Crippen MR) is 70.0 cm³/mol. The molecule has 20 heavy (non-hydrogen) atoms. The average Bonchev–Trinajstić information content (AvgIpc) is 2.86. The number of methoxy groups -OCH3 is 2. The Morgan fingerprint density at radius 1 is 1.30 bits per heavy atom. The van der Waals surface area contributed by atoms with Crippen LogP contribution in [0.1, 0.15) is 6.42 Å². The highest BCUT2D eigenvalue weighted by atomic mass is 16.5. The molecule has 0 aromatic heterocycles. The van der Waals surface area contributed by atoms with Crippen molar-refractivity contribution in [3.05, 3.63) is 0 Å².